The summed E-state index contributed by atoms with van der Waals surface area (Å²) in [6.45, 7) is 0.909. The number of rotatable bonds is 8. The van der Waals surface area contributed by atoms with Crippen LogP contribution in [-0.2, 0) is 17.8 Å². The van der Waals surface area contributed by atoms with E-state index in [1.54, 1.807) is 23.0 Å². The Bertz CT molecular complexity index is 1140. The van der Waals surface area contributed by atoms with Crippen LogP contribution in [0.4, 0.5) is 10.1 Å². The number of nitrogens with one attached hydrogen (secondary N) is 1. The lowest BCUT2D eigenvalue weighted by Gasteiger charge is -2.06. The van der Waals surface area contributed by atoms with Crippen molar-refractivity contribution in [1.29, 1.82) is 0 Å². The highest BCUT2D eigenvalue weighted by Crippen LogP contribution is 2.17. The van der Waals surface area contributed by atoms with Crippen LogP contribution in [0.5, 0.6) is 0 Å². The highest BCUT2D eigenvalue weighted by Gasteiger charge is 2.17. The Kier molecular flexibility index (Phi) is 6.50. The van der Waals surface area contributed by atoms with Gasteiger partial charge in [-0.3, -0.25) is 4.79 Å². The van der Waals surface area contributed by atoms with Crippen molar-refractivity contribution in [1.82, 2.24) is 9.78 Å². The van der Waals surface area contributed by atoms with Crippen molar-refractivity contribution in [2.45, 2.75) is 13.0 Å². The molecule has 0 saturated carbocycles. The zero-order valence-corrected chi connectivity index (χ0v) is 16.9. The molecule has 0 unspecified atom stereocenters. The van der Waals surface area contributed by atoms with Crippen LogP contribution in [0.15, 0.2) is 91.1 Å². The van der Waals surface area contributed by atoms with Crippen molar-refractivity contribution in [3.05, 3.63) is 114 Å². The first-order valence-corrected chi connectivity index (χ1v) is 10.0. The molecular weight excluding hydrogens is 393 g/mol. The molecule has 4 aromatic rings. The summed E-state index contributed by atoms with van der Waals surface area (Å²) in [7, 11) is 0. The molecule has 1 amide bonds. The number of aromatic nitrogens is 2. The Balaban J connectivity index is 1.50. The van der Waals surface area contributed by atoms with Crippen LogP contribution in [-0.4, -0.2) is 22.3 Å². The molecule has 0 aliphatic carbocycles. The highest BCUT2D eigenvalue weighted by atomic mass is 19.1. The molecule has 156 valence electrons. The van der Waals surface area contributed by atoms with Crippen molar-refractivity contribution in [2.75, 3.05) is 11.9 Å². The minimum atomic E-state index is -0.410. The second-order valence-electron chi connectivity index (χ2n) is 7.02. The van der Waals surface area contributed by atoms with Gasteiger partial charge in [0.2, 0.25) is 0 Å². The molecule has 0 saturated heterocycles. The molecule has 0 spiro atoms. The average molecular weight is 415 g/mol. The van der Waals surface area contributed by atoms with Gasteiger partial charge in [0.1, 0.15) is 5.82 Å². The SMILES string of the molecule is O=C(Nc1cccc(F)c1)c1cn(-c2ccccc2)nc1CCOCc1ccccc1. The monoisotopic (exact) mass is 415 g/mol. The van der Waals surface area contributed by atoms with Crippen LogP contribution in [0, 0.1) is 5.82 Å². The lowest BCUT2D eigenvalue weighted by molar-refractivity contribution is 0.102. The van der Waals surface area contributed by atoms with Gasteiger partial charge in [-0.25, -0.2) is 9.07 Å². The molecule has 1 heterocycles. The molecule has 0 fully saturated rings. The predicted octanol–water partition coefficient (Wildman–Crippen LogP) is 5.02. The number of anilines is 1. The van der Waals surface area contributed by atoms with Gasteiger partial charge in [-0.15, -0.1) is 0 Å². The summed E-state index contributed by atoms with van der Waals surface area (Å²) >= 11 is 0. The number of carbonyl (C=O) groups excluding carboxylic acids is 1. The quantitative estimate of drug-likeness (QED) is 0.411. The first kappa shape index (κ1) is 20.5. The first-order valence-electron chi connectivity index (χ1n) is 10.0. The number of para-hydroxylation sites is 1. The maximum atomic E-state index is 13.5. The lowest BCUT2D eigenvalue weighted by Crippen LogP contribution is -2.14. The fraction of sp³-hybridized carbons (Fsp3) is 0.120. The molecule has 4 rings (SSSR count). The normalized spacial score (nSPS) is 10.7. The van der Waals surface area contributed by atoms with Gasteiger partial charge >= 0.3 is 0 Å². The number of carbonyl (C=O) groups is 1. The third kappa shape index (κ3) is 5.43. The fourth-order valence-electron chi connectivity index (χ4n) is 3.19. The molecule has 0 radical (unpaired) electrons. The van der Waals surface area contributed by atoms with Crippen molar-refractivity contribution in [2.24, 2.45) is 0 Å². The van der Waals surface area contributed by atoms with Crippen LogP contribution >= 0.6 is 0 Å². The number of hydrogen-bond acceptors (Lipinski definition) is 3. The third-order valence-electron chi connectivity index (χ3n) is 4.73. The summed E-state index contributed by atoms with van der Waals surface area (Å²) in [5.41, 5.74) is 3.37. The maximum absolute atomic E-state index is 13.5. The molecule has 0 aliphatic rings. The predicted molar refractivity (Wildman–Crippen MR) is 118 cm³/mol. The minimum absolute atomic E-state index is 0.342. The molecule has 0 bridgehead atoms. The van der Waals surface area contributed by atoms with Crippen molar-refractivity contribution < 1.29 is 13.9 Å². The van der Waals surface area contributed by atoms with E-state index in [0.29, 0.717) is 36.6 Å². The third-order valence-corrected chi connectivity index (χ3v) is 4.73. The van der Waals surface area contributed by atoms with E-state index >= 15 is 0 Å². The van der Waals surface area contributed by atoms with Gasteiger partial charge in [-0.1, -0.05) is 54.6 Å². The number of ether oxygens (including phenoxy) is 1. The van der Waals surface area contributed by atoms with Gasteiger partial charge in [-0.05, 0) is 35.9 Å². The number of nitrogens with zero attached hydrogens (tertiary/aromatic N) is 2. The Morgan fingerprint density at radius 2 is 1.71 bits per heavy atom. The number of hydrogen-bond donors (Lipinski definition) is 1. The van der Waals surface area contributed by atoms with Gasteiger partial charge < -0.3 is 10.1 Å². The van der Waals surface area contributed by atoms with Crippen LogP contribution in [0.3, 0.4) is 0 Å². The second kappa shape index (κ2) is 9.82. The Hall–Kier alpha value is -3.77. The largest absolute Gasteiger partial charge is 0.376 e. The Morgan fingerprint density at radius 3 is 2.45 bits per heavy atom. The first-order chi connectivity index (χ1) is 15.2. The smallest absolute Gasteiger partial charge is 0.259 e. The summed E-state index contributed by atoms with van der Waals surface area (Å²) in [6, 6.07) is 25.3. The van der Waals surface area contributed by atoms with Crippen LogP contribution in [0.2, 0.25) is 0 Å². The average Bonchev–Trinajstić information content (AvgIpc) is 3.22. The minimum Gasteiger partial charge on any atom is -0.376 e. The van der Waals surface area contributed by atoms with Gasteiger partial charge in [-0.2, -0.15) is 5.10 Å². The molecule has 0 atom stereocenters. The van der Waals surface area contributed by atoms with Crippen molar-refractivity contribution in [3.63, 3.8) is 0 Å². The van der Waals surface area contributed by atoms with E-state index in [1.807, 2.05) is 60.7 Å². The summed E-state index contributed by atoms with van der Waals surface area (Å²) in [5.74, 6) is -0.752. The van der Waals surface area contributed by atoms with E-state index in [-0.39, 0.29) is 5.91 Å². The number of benzene rings is 3. The van der Waals surface area contributed by atoms with E-state index in [9.17, 15) is 9.18 Å². The van der Waals surface area contributed by atoms with Gasteiger partial charge in [0.25, 0.3) is 5.91 Å². The lowest BCUT2D eigenvalue weighted by atomic mass is 10.2. The molecule has 5 nitrogen and oxygen atoms in total. The van der Waals surface area contributed by atoms with E-state index in [4.69, 9.17) is 4.74 Å². The summed E-state index contributed by atoms with van der Waals surface area (Å²) in [5, 5.41) is 7.35. The van der Waals surface area contributed by atoms with Gasteiger partial charge in [0.05, 0.1) is 30.2 Å². The Labute approximate surface area is 180 Å². The van der Waals surface area contributed by atoms with Crippen molar-refractivity contribution >= 4 is 11.6 Å². The molecule has 3 aromatic carbocycles. The zero-order valence-electron chi connectivity index (χ0n) is 16.9. The summed E-state index contributed by atoms with van der Waals surface area (Å²) in [4.78, 5) is 12.9. The fourth-order valence-corrected chi connectivity index (χ4v) is 3.19. The Morgan fingerprint density at radius 1 is 0.968 bits per heavy atom. The maximum Gasteiger partial charge on any atom is 0.259 e. The van der Waals surface area contributed by atoms with Crippen LogP contribution in [0.25, 0.3) is 5.69 Å². The summed E-state index contributed by atoms with van der Waals surface area (Å²) < 4.78 is 20.9. The van der Waals surface area contributed by atoms with E-state index < -0.39 is 5.82 Å². The van der Waals surface area contributed by atoms with Crippen LogP contribution in [0.1, 0.15) is 21.6 Å². The molecule has 0 aliphatic heterocycles. The van der Waals surface area contributed by atoms with Gasteiger partial charge in [0.15, 0.2) is 0 Å². The zero-order chi connectivity index (χ0) is 21.5. The number of amides is 1. The second-order valence-corrected chi connectivity index (χ2v) is 7.02. The molecule has 1 N–H and O–H groups in total. The van der Waals surface area contributed by atoms with Crippen LogP contribution < -0.4 is 5.32 Å². The summed E-state index contributed by atoms with van der Waals surface area (Å²) in [6.07, 6.45) is 2.16. The molecule has 1 aromatic heterocycles. The van der Waals surface area contributed by atoms with Crippen molar-refractivity contribution in [3.8, 4) is 5.69 Å². The molecule has 31 heavy (non-hydrogen) atoms. The molecule has 6 heteroatoms. The van der Waals surface area contributed by atoms with E-state index in [1.165, 1.54) is 12.1 Å². The molecular formula is C25H22FN3O2. The highest BCUT2D eigenvalue weighted by molar-refractivity contribution is 6.05. The van der Waals surface area contributed by atoms with E-state index in [2.05, 4.69) is 10.4 Å². The topological polar surface area (TPSA) is 56.2 Å². The number of halogens is 1. The van der Waals surface area contributed by atoms with Gasteiger partial charge in [0, 0.05) is 18.3 Å². The standard InChI is InChI=1S/C25H22FN3O2/c26-20-10-7-11-21(16-20)27-25(30)23-17-29(22-12-5-2-6-13-22)28-24(23)14-15-31-18-19-8-3-1-4-9-19/h1-13,16-17H,14-15,18H2,(H,27,30). The van der Waals surface area contributed by atoms with E-state index in [0.717, 1.165) is 11.3 Å².